The van der Waals surface area contributed by atoms with Crippen LogP contribution < -0.4 is 4.72 Å². The van der Waals surface area contributed by atoms with Gasteiger partial charge in [0.2, 0.25) is 15.9 Å². The molecule has 3 rings (SSSR count). The fourth-order valence-corrected chi connectivity index (χ4v) is 3.85. The van der Waals surface area contributed by atoms with Crippen molar-refractivity contribution in [1.82, 2.24) is 5.01 Å². The summed E-state index contributed by atoms with van der Waals surface area (Å²) in [5, 5.41) is 5.93. The molecule has 1 atom stereocenters. The Bertz CT molecular complexity index is 1060. The highest BCUT2D eigenvalue weighted by Crippen LogP contribution is 2.34. The van der Waals surface area contributed by atoms with Crippen LogP contribution in [0.15, 0.2) is 47.6 Å². The maximum atomic E-state index is 14.0. The number of nitrogens with one attached hydrogen (secondary N) is 1. The van der Waals surface area contributed by atoms with Crippen LogP contribution in [0.2, 0.25) is 5.02 Å². The van der Waals surface area contributed by atoms with Crippen LogP contribution in [0.5, 0.6) is 0 Å². The molecule has 0 fully saturated rings. The third kappa shape index (κ3) is 5.13. The van der Waals surface area contributed by atoms with Crippen LogP contribution in [0.25, 0.3) is 0 Å². The van der Waals surface area contributed by atoms with Gasteiger partial charge < -0.3 is 0 Å². The van der Waals surface area contributed by atoms with E-state index in [9.17, 15) is 17.6 Å². The monoisotopic (exact) mass is 437 g/mol. The van der Waals surface area contributed by atoms with Gasteiger partial charge in [-0.15, -0.1) is 0 Å². The lowest BCUT2D eigenvalue weighted by molar-refractivity contribution is -0.133. The minimum absolute atomic E-state index is 0.0216. The number of hydrogen-bond donors (Lipinski definition) is 1. The summed E-state index contributed by atoms with van der Waals surface area (Å²) >= 11 is 5.79. The van der Waals surface area contributed by atoms with Gasteiger partial charge in [-0.25, -0.2) is 17.8 Å². The molecular weight excluding hydrogens is 417 g/mol. The van der Waals surface area contributed by atoms with Gasteiger partial charge >= 0.3 is 0 Å². The second kappa shape index (κ2) is 8.51. The number of hydrazone groups is 1. The molecule has 2 aromatic rings. The highest BCUT2D eigenvalue weighted by atomic mass is 35.5. The number of sulfonamides is 1. The predicted molar refractivity (Wildman–Crippen MR) is 112 cm³/mol. The molecular formula is C20H21ClFN3O3S. The molecule has 1 N–H and O–H groups in total. The Morgan fingerprint density at radius 2 is 1.97 bits per heavy atom. The van der Waals surface area contributed by atoms with Crippen LogP contribution in [0.1, 0.15) is 43.4 Å². The van der Waals surface area contributed by atoms with E-state index in [1.165, 1.54) is 17.1 Å². The van der Waals surface area contributed by atoms with Crippen LogP contribution in [0.3, 0.4) is 0 Å². The second-order valence-electron chi connectivity index (χ2n) is 6.88. The molecule has 0 saturated carbocycles. The molecule has 0 spiro atoms. The largest absolute Gasteiger partial charge is 0.284 e. The van der Waals surface area contributed by atoms with Gasteiger partial charge in [-0.1, -0.05) is 36.7 Å². The summed E-state index contributed by atoms with van der Waals surface area (Å²) in [6, 6.07) is 10.8. The molecule has 1 amide bonds. The molecule has 2 aromatic carbocycles. The minimum atomic E-state index is -3.37. The molecule has 154 valence electrons. The number of amides is 1. The van der Waals surface area contributed by atoms with E-state index in [0.29, 0.717) is 36.2 Å². The Morgan fingerprint density at radius 3 is 2.55 bits per heavy atom. The number of nitrogens with zero attached hydrogens (tertiary/aromatic N) is 2. The van der Waals surface area contributed by atoms with Crippen molar-refractivity contribution in [2.24, 2.45) is 5.10 Å². The third-order valence-corrected chi connectivity index (χ3v) is 5.39. The number of carbonyl (C=O) groups excluding carboxylic acids is 1. The molecule has 0 aliphatic carbocycles. The molecule has 9 heteroatoms. The van der Waals surface area contributed by atoms with E-state index in [2.05, 4.69) is 9.82 Å². The topological polar surface area (TPSA) is 78.8 Å². The first-order chi connectivity index (χ1) is 13.7. The third-order valence-electron chi connectivity index (χ3n) is 4.48. The van der Waals surface area contributed by atoms with Gasteiger partial charge in [0.15, 0.2) is 0 Å². The Kier molecular flexibility index (Phi) is 6.24. The Hall–Kier alpha value is -2.45. The van der Waals surface area contributed by atoms with Crippen LogP contribution in [0.4, 0.5) is 10.1 Å². The average molecular weight is 438 g/mol. The summed E-state index contributed by atoms with van der Waals surface area (Å²) in [5.41, 5.74) is 2.48. The zero-order valence-corrected chi connectivity index (χ0v) is 17.6. The van der Waals surface area contributed by atoms with E-state index in [-0.39, 0.29) is 10.9 Å². The van der Waals surface area contributed by atoms with Gasteiger partial charge in [0, 0.05) is 18.5 Å². The van der Waals surface area contributed by atoms with Crippen LogP contribution >= 0.6 is 11.6 Å². The lowest BCUT2D eigenvalue weighted by atomic mass is 9.98. The molecule has 0 saturated heterocycles. The normalized spacial score (nSPS) is 16.6. The van der Waals surface area contributed by atoms with Crippen molar-refractivity contribution in [3.05, 3.63) is 64.4 Å². The SMILES string of the molecule is CCCC(=O)N1N=C(c2ccc(NS(C)(=O)=O)cc2)C[C@H]1c1ccc(Cl)c(F)c1. The lowest BCUT2D eigenvalue weighted by Crippen LogP contribution is -2.26. The second-order valence-corrected chi connectivity index (χ2v) is 9.04. The van der Waals surface area contributed by atoms with Crippen LogP contribution in [-0.4, -0.2) is 31.3 Å². The number of benzene rings is 2. The summed E-state index contributed by atoms with van der Waals surface area (Å²) in [5.74, 6) is -0.685. The fourth-order valence-electron chi connectivity index (χ4n) is 3.17. The zero-order valence-electron chi connectivity index (χ0n) is 16.0. The number of rotatable bonds is 6. The molecule has 6 nitrogen and oxygen atoms in total. The van der Waals surface area contributed by atoms with Gasteiger partial charge in [0.05, 0.1) is 23.0 Å². The first-order valence-electron chi connectivity index (χ1n) is 9.10. The molecule has 0 aromatic heterocycles. The molecule has 1 heterocycles. The van der Waals surface area contributed by atoms with Crippen molar-refractivity contribution in [2.75, 3.05) is 11.0 Å². The standard InChI is InChI=1S/C20H21ClFN3O3S/c1-3-4-20(26)25-19(14-7-10-16(21)17(22)11-14)12-18(23-25)13-5-8-15(9-6-13)24-29(2,27)28/h5-11,19,24H,3-4,12H2,1-2H3/t19-/m0/s1. The summed E-state index contributed by atoms with van der Waals surface area (Å²) in [7, 11) is -3.37. The van der Waals surface area contributed by atoms with Gasteiger partial charge in [-0.05, 0) is 41.8 Å². The summed E-state index contributed by atoms with van der Waals surface area (Å²) in [4.78, 5) is 12.6. The number of carbonyl (C=O) groups is 1. The molecule has 0 unspecified atom stereocenters. The van der Waals surface area contributed by atoms with Gasteiger partial charge in [-0.3, -0.25) is 9.52 Å². The number of anilines is 1. The fraction of sp³-hybridized carbons (Fsp3) is 0.300. The summed E-state index contributed by atoms with van der Waals surface area (Å²) in [6.07, 6.45) is 2.50. The molecule has 0 radical (unpaired) electrons. The average Bonchev–Trinajstić information content (AvgIpc) is 3.09. The maximum absolute atomic E-state index is 14.0. The van der Waals surface area contributed by atoms with Crippen molar-refractivity contribution < 1.29 is 17.6 Å². The highest BCUT2D eigenvalue weighted by Gasteiger charge is 2.33. The smallest absolute Gasteiger partial charge is 0.243 e. The minimum Gasteiger partial charge on any atom is -0.284 e. The Labute approximate surface area is 174 Å². The number of hydrogen-bond acceptors (Lipinski definition) is 4. The van der Waals surface area contributed by atoms with Crippen molar-refractivity contribution in [1.29, 1.82) is 0 Å². The van der Waals surface area contributed by atoms with Crippen molar-refractivity contribution in [2.45, 2.75) is 32.2 Å². The Balaban J connectivity index is 1.90. The Morgan fingerprint density at radius 1 is 1.28 bits per heavy atom. The first-order valence-corrected chi connectivity index (χ1v) is 11.4. The van der Waals surface area contributed by atoms with Crippen molar-refractivity contribution >= 4 is 38.9 Å². The van der Waals surface area contributed by atoms with E-state index >= 15 is 0 Å². The van der Waals surface area contributed by atoms with Crippen molar-refractivity contribution in [3.63, 3.8) is 0 Å². The highest BCUT2D eigenvalue weighted by molar-refractivity contribution is 7.92. The van der Waals surface area contributed by atoms with E-state index in [0.717, 1.165) is 11.8 Å². The zero-order chi connectivity index (χ0) is 21.2. The maximum Gasteiger partial charge on any atom is 0.243 e. The van der Waals surface area contributed by atoms with E-state index in [1.807, 2.05) is 6.92 Å². The van der Waals surface area contributed by atoms with E-state index in [4.69, 9.17) is 11.6 Å². The van der Waals surface area contributed by atoms with E-state index < -0.39 is 21.9 Å². The van der Waals surface area contributed by atoms with E-state index in [1.54, 1.807) is 30.3 Å². The van der Waals surface area contributed by atoms with Gasteiger partial charge in [-0.2, -0.15) is 5.10 Å². The van der Waals surface area contributed by atoms with Crippen LogP contribution in [0, 0.1) is 5.82 Å². The van der Waals surface area contributed by atoms with Crippen molar-refractivity contribution in [3.8, 4) is 0 Å². The summed E-state index contributed by atoms with van der Waals surface area (Å²) in [6.45, 7) is 1.91. The quantitative estimate of drug-likeness (QED) is 0.730. The molecule has 1 aliphatic heterocycles. The van der Waals surface area contributed by atoms with Crippen LogP contribution in [-0.2, 0) is 14.8 Å². The molecule has 0 bridgehead atoms. The lowest BCUT2D eigenvalue weighted by Gasteiger charge is -2.22. The van der Waals surface area contributed by atoms with Gasteiger partial charge in [0.1, 0.15) is 5.82 Å². The first kappa shape index (κ1) is 21.3. The van der Waals surface area contributed by atoms with Gasteiger partial charge in [0.25, 0.3) is 0 Å². The molecule has 29 heavy (non-hydrogen) atoms. The molecule has 1 aliphatic rings. The summed E-state index contributed by atoms with van der Waals surface area (Å²) < 4.78 is 39.1. The predicted octanol–water partition coefficient (Wildman–Crippen LogP) is 4.33. The number of halogens is 2.